The molecule has 0 atom stereocenters. The van der Waals surface area contributed by atoms with Crippen molar-refractivity contribution in [3.8, 4) is 5.69 Å². The Hall–Kier alpha value is -0.940. The van der Waals surface area contributed by atoms with Crippen molar-refractivity contribution < 1.29 is 0 Å². The van der Waals surface area contributed by atoms with Crippen LogP contribution >= 0.6 is 27.7 Å². The maximum atomic E-state index is 6.12. The summed E-state index contributed by atoms with van der Waals surface area (Å²) in [5.74, 6) is 2.72. The molecule has 1 aliphatic rings. The van der Waals surface area contributed by atoms with Gasteiger partial charge < -0.3 is 5.73 Å². The van der Waals surface area contributed by atoms with E-state index in [9.17, 15) is 0 Å². The number of benzene rings is 1. The Morgan fingerprint density at radius 1 is 1.31 bits per heavy atom. The molecule has 0 spiro atoms. The van der Waals surface area contributed by atoms with E-state index in [1.807, 2.05) is 40.7 Å². The summed E-state index contributed by atoms with van der Waals surface area (Å²) >= 11 is 5.38. The third-order valence-corrected chi connectivity index (χ3v) is 4.31. The van der Waals surface area contributed by atoms with Gasteiger partial charge in [-0.2, -0.15) is 16.9 Å². The van der Waals surface area contributed by atoms with Crippen molar-refractivity contribution in [3.63, 3.8) is 0 Å². The van der Waals surface area contributed by atoms with Gasteiger partial charge in [0.15, 0.2) is 0 Å². The molecule has 2 aromatic rings. The molecule has 1 aliphatic heterocycles. The Bertz CT molecular complexity index is 550. The summed E-state index contributed by atoms with van der Waals surface area (Å²) in [7, 11) is 0. The quantitative estimate of drug-likeness (QED) is 0.880. The number of rotatable bonds is 1. The Morgan fingerprint density at radius 2 is 2.12 bits per heavy atom. The summed E-state index contributed by atoms with van der Waals surface area (Å²) < 4.78 is 2.84. The SMILES string of the molecule is Nc1c2c(nn1-c1ccccc1Br)CSC2. The lowest BCUT2D eigenvalue weighted by Gasteiger charge is -2.07. The van der Waals surface area contributed by atoms with Crippen molar-refractivity contribution >= 4 is 33.5 Å². The monoisotopic (exact) mass is 295 g/mol. The highest BCUT2D eigenvalue weighted by molar-refractivity contribution is 9.10. The standard InChI is InChI=1S/C11H10BrN3S/c12-8-3-1-2-4-10(8)15-11(13)7-5-16-6-9(7)14-15/h1-4H,5-6,13H2. The lowest BCUT2D eigenvalue weighted by molar-refractivity contribution is 0.865. The van der Waals surface area contributed by atoms with E-state index in [1.165, 1.54) is 5.56 Å². The first-order valence-electron chi connectivity index (χ1n) is 4.96. The van der Waals surface area contributed by atoms with E-state index >= 15 is 0 Å². The van der Waals surface area contributed by atoms with Gasteiger partial charge in [0.25, 0.3) is 0 Å². The third kappa shape index (κ3) is 1.46. The van der Waals surface area contributed by atoms with E-state index < -0.39 is 0 Å². The molecule has 3 nitrogen and oxygen atoms in total. The van der Waals surface area contributed by atoms with Crippen LogP contribution in [0.4, 0.5) is 5.82 Å². The summed E-state index contributed by atoms with van der Waals surface area (Å²) in [5, 5.41) is 4.56. The summed E-state index contributed by atoms with van der Waals surface area (Å²) in [6.45, 7) is 0. The number of nitrogens with zero attached hydrogens (tertiary/aromatic N) is 2. The van der Waals surface area contributed by atoms with Crippen LogP contribution in [0, 0.1) is 0 Å². The molecule has 0 unspecified atom stereocenters. The Kier molecular flexibility index (Phi) is 2.44. The van der Waals surface area contributed by atoms with Crippen LogP contribution in [0.2, 0.25) is 0 Å². The molecule has 0 bridgehead atoms. The number of para-hydroxylation sites is 1. The first kappa shape index (κ1) is 10.2. The molecular weight excluding hydrogens is 286 g/mol. The molecule has 0 fully saturated rings. The Morgan fingerprint density at radius 3 is 2.88 bits per heavy atom. The van der Waals surface area contributed by atoms with E-state index in [2.05, 4.69) is 21.0 Å². The molecular formula is C11H10BrN3S. The van der Waals surface area contributed by atoms with Gasteiger partial charge >= 0.3 is 0 Å². The van der Waals surface area contributed by atoms with Crippen molar-refractivity contribution in [2.24, 2.45) is 0 Å². The van der Waals surface area contributed by atoms with Crippen LogP contribution in [-0.2, 0) is 11.5 Å². The van der Waals surface area contributed by atoms with Gasteiger partial charge in [0.2, 0.25) is 0 Å². The predicted octanol–water partition coefficient (Wildman–Crippen LogP) is 2.96. The fraction of sp³-hybridized carbons (Fsp3) is 0.182. The van der Waals surface area contributed by atoms with Gasteiger partial charge in [-0.15, -0.1) is 0 Å². The third-order valence-electron chi connectivity index (χ3n) is 2.67. The van der Waals surface area contributed by atoms with Gasteiger partial charge in [0.1, 0.15) is 5.82 Å². The molecule has 0 radical (unpaired) electrons. The average molecular weight is 296 g/mol. The highest BCUT2D eigenvalue weighted by atomic mass is 79.9. The minimum atomic E-state index is 0.770. The van der Waals surface area contributed by atoms with Crippen molar-refractivity contribution in [1.29, 1.82) is 0 Å². The van der Waals surface area contributed by atoms with Crippen LogP contribution in [0.15, 0.2) is 28.7 Å². The van der Waals surface area contributed by atoms with Crippen LogP contribution in [0.5, 0.6) is 0 Å². The number of thioether (sulfide) groups is 1. The molecule has 5 heteroatoms. The molecule has 1 aromatic heterocycles. The van der Waals surface area contributed by atoms with Gasteiger partial charge in [-0.05, 0) is 28.1 Å². The fourth-order valence-electron chi connectivity index (χ4n) is 1.84. The van der Waals surface area contributed by atoms with E-state index in [1.54, 1.807) is 0 Å². The highest BCUT2D eigenvalue weighted by Crippen LogP contribution is 2.35. The number of aromatic nitrogens is 2. The van der Waals surface area contributed by atoms with Crippen LogP contribution < -0.4 is 5.73 Å². The molecule has 82 valence electrons. The maximum Gasteiger partial charge on any atom is 0.131 e. The lowest BCUT2D eigenvalue weighted by Crippen LogP contribution is -2.03. The zero-order chi connectivity index (χ0) is 11.1. The summed E-state index contributed by atoms with van der Waals surface area (Å²) in [5.41, 5.74) is 9.44. The number of hydrogen-bond acceptors (Lipinski definition) is 3. The lowest BCUT2D eigenvalue weighted by atomic mass is 10.3. The molecule has 0 aliphatic carbocycles. The van der Waals surface area contributed by atoms with Gasteiger partial charge in [-0.3, -0.25) is 0 Å². The molecule has 1 aromatic carbocycles. The largest absolute Gasteiger partial charge is 0.383 e. The van der Waals surface area contributed by atoms with E-state index in [0.29, 0.717) is 0 Å². The zero-order valence-electron chi connectivity index (χ0n) is 8.48. The summed E-state index contributed by atoms with van der Waals surface area (Å²) in [6.07, 6.45) is 0. The van der Waals surface area contributed by atoms with Crippen molar-refractivity contribution in [3.05, 3.63) is 40.0 Å². The number of halogens is 1. The molecule has 0 saturated heterocycles. The molecule has 0 saturated carbocycles. The normalized spacial score (nSPS) is 14.1. The van der Waals surface area contributed by atoms with Gasteiger partial charge in [0.05, 0.1) is 11.4 Å². The first-order chi connectivity index (χ1) is 7.77. The molecule has 16 heavy (non-hydrogen) atoms. The van der Waals surface area contributed by atoms with Crippen LogP contribution in [0.1, 0.15) is 11.3 Å². The van der Waals surface area contributed by atoms with Crippen LogP contribution in [-0.4, -0.2) is 9.78 Å². The van der Waals surface area contributed by atoms with Crippen molar-refractivity contribution in [2.75, 3.05) is 5.73 Å². The number of anilines is 1. The molecule has 3 rings (SSSR count). The van der Waals surface area contributed by atoms with E-state index in [-0.39, 0.29) is 0 Å². The number of nitrogens with two attached hydrogens (primary N) is 1. The topological polar surface area (TPSA) is 43.8 Å². The predicted molar refractivity (Wildman–Crippen MR) is 70.7 cm³/mol. The van der Waals surface area contributed by atoms with Gasteiger partial charge in [-0.1, -0.05) is 12.1 Å². The Labute approximate surface area is 106 Å². The van der Waals surface area contributed by atoms with Gasteiger partial charge in [-0.25, -0.2) is 4.68 Å². The Balaban J connectivity index is 2.18. The van der Waals surface area contributed by atoms with Crippen molar-refractivity contribution in [1.82, 2.24) is 9.78 Å². The fourth-order valence-corrected chi connectivity index (χ4v) is 3.34. The minimum Gasteiger partial charge on any atom is -0.383 e. The second-order valence-corrected chi connectivity index (χ2v) is 5.51. The maximum absolute atomic E-state index is 6.12. The number of nitrogen functional groups attached to an aromatic ring is 1. The van der Waals surface area contributed by atoms with E-state index in [4.69, 9.17) is 5.73 Å². The second-order valence-electron chi connectivity index (χ2n) is 3.67. The summed E-state index contributed by atoms with van der Waals surface area (Å²) in [4.78, 5) is 0. The zero-order valence-corrected chi connectivity index (χ0v) is 10.9. The van der Waals surface area contributed by atoms with Crippen LogP contribution in [0.25, 0.3) is 5.69 Å². The van der Waals surface area contributed by atoms with E-state index in [0.717, 1.165) is 33.2 Å². The average Bonchev–Trinajstić information content (AvgIpc) is 2.83. The summed E-state index contributed by atoms with van der Waals surface area (Å²) in [6, 6.07) is 7.98. The van der Waals surface area contributed by atoms with Crippen LogP contribution in [0.3, 0.4) is 0 Å². The van der Waals surface area contributed by atoms with Crippen molar-refractivity contribution in [2.45, 2.75) is 11.5 Å². The molecule has 2 N–H and O–H groups in total. The molecule has 2 heterocycles. The smallest absolute Gasteiger partial charge is 0.131 e. The second kappa shape index (κ2) is 3.82. The number of hydrogen-bond donors (Lipinski definition) is 1. The van der Waals surface area contributed by atoms with Gasteiger partial charge in [0, 0.05) is 21.5 Å². The minimum absolute atomic E-state index is 0.770. The highest BCUT2D eigenvalue weighted by Gasteiger charge is 2.21. The first-order valence-corrected chi connectivity index (χ1v) is 6.91. The molecule has 0 amide bonds. The number of fused-ring (bicyclic) bond motifs is 1.